The van der Waals surface area contributed by atoms with Crippen LogP contribution in [0.5, 0.6) is 5.75 Å². The summed E-state index contributed by atoms with van der Waals surface area (Å²) in [6, 6.07) is 3.82. The summed E-state index contributed by atoms with van der Waals surface area (Å²) in [6.07, 6.45) is 6.81. The van der Waals surface area contributed by atoms with E-state index in [-0.39, 0.29) is 5.91 Å². The van der Waals surface area contributed by atoms with Gasteiger partial charge in [-0.2, -0.15) is 0 Å². The van der Waals surface area contributed by atoms with Crippen molar-refractivity contribution in [3.05, 3.63) is 40.1 Å². The number of aromatic nitrogens is 2. The lowest BCUT2D eigenvalue weighted by Crippen LogP contribution is -2.33. The molecular weight excluding hydrogens is 322 g/mol. The molecule has 0 bridgehead atoms. The summed E-state index contributed by atoms with van der Waals surface area (Å²) < 4.78 is 5.69. The minimum atomic E-state index is 0.192. The molecule has 24 heavy (non-hydrogen) atoms. The first-order valence-electron chi connectivity index (χ1n) is 8.47. The maximum atomic E-state index is 12.4. The monoisotopic (exact) mass is 345 g/mol. The number of nitrogens with zero attached hydrogens (tertiary/aromatic N) is 3. The Labute approximate surface area is 146 Å². The van der Waals surface area contributed by atoms with Crippen LogP contribution in [0, 0.1) is 6.92 Å². The molecule has 0 aromatic carbocycles. The molecule has 0 aliphatic carbocycles. The van der Waals surface area contributed by atoms with Gasteiger partial charge in [-0.3, -0.25) is 9.78 Å². The predicted molar refractivity (Wildman–Crippen MR) is 94.2 cm³/mol. The second-order valence-electron chi connectivity index (χ2n) is 6.13. The number of amides is 1. The van der Waals surface area contributed by atoms with Crippen molar-refractivity contribution in [3.63, 3.8) is 0 Å². The van der Waals surface area contributed by atoms with Gasteiger partial charge >= 0.3 is 0 Å². The van der Waals surface area contributed by atoms with Gasteiger partial charge in [0.25, 0.3) is 0 Å². The molecule has 6 heteroatoms. The topological polar surface area (TPSA) is 55.3 Å². The molecule has 3 heterocycles. The summed E-state index contributed by atoms with van der Waals surface area (Å²) in [6.45, 7) is 4.13. The zero-order valence-electron chi connectivity index (χ0n) is 14.0. The van der Waals surface area contributed by atoms with E-state index < -0.39 is 0 Å². The Morgan fingerprint density at radius 1 is 1.25 bits per heavy atom. The first-order chi connectivity index (χ1) is 11.7. The Balaban J connectivity index is 1.51. The van der Waals surface area contributed by atoms with Gasteiger partial charge in [-0.1, -0.05) is 12.8 Å². The SMILES string of the molecule is Cc1ccc(OCc2nc(CC(=O)N3CCCCCC3)cs2)cn1. The van der Waals surface area contributed by atoms with Crippen molar-refractivity contribution in [1.82, 2.24) is 14.9 Å². The molecule has 0 spiro atoms. The maximum absolute atomic E-state index is 12.4. The Hall–Kier alpha value is -1.95. The van der Waals surface area contributed by atoms with Crippen molar-refractivity contribution in [3.8, 4) is 5.75 Å². The summed E-state index contributed by atoms with van der Waals surface area (Å²) in [4.78, 5) is 23.1. The van der Waals surface area contributed by atoms with Crippen LogP contribution in [0.1, 0.15) is 42.1 Å². The van der Waals surface area contributed by atoms with Crippen LogP contribution < -0.4 is 4.74 Å². The number of hydrogen-bond acceptors (Lipinski definition) is 5. The molecule has 128 valence electrons. The third-order valence-corrected chi connectivity index (χ3v) is 5.01. The van der Waals surface area contributed by atoms with E-state index in [1.807, 2.05) is 29.3 Å². The lowest BCUT2D eigenvalue weighted by Gasteiger charge is -2.19. The van der Waals surface area contributed by atoms with E-state index in [9.17, 15) is 4.79 Å². The molecule has 1 aliphatic rings. The van der Waals surface area contributed by atoms with E-state index >= 15 is 0 Å². The predicted octanol–water partition coefficient (Wildman–Crippen LogP) is 3.37. The number of likely N-dealkylation sites (tertiary alicyclic amines) is 1. The zero-order chi connectivity index (χ0) is 16.8. The van der Waals surface area contributed by atoms with E-state index in [0.29, 0.717) is 13.0 Å². The summed E-state index contributed by atoms with van der Waals surface area (Å²) in [5.74, 6) is 0.926. The Morgan fingerprint density at radius 3 is 2.75 bits per heavy atom. The Kier molecular flexibility index (Phi) is 5.80. The summed E-state index contributed by atoms with van der Waals surface area (Å²) in [5, 5.41) is 2.84. The second-order valence-corrected chi connectivity index (χ2v) is 7.07. The highest BCUT2D eigenvalue weighted by Crippen LogP contribution is 2.16. The van der Waals surface area contributed by atoms with Crippen molar-refractivity contribution in [1.29, 1.82) is 0 Å². The van der Waals surface area contributed by atoms with Gasteiger partial charge in [-0.15, -0.1) is 11.3 Å². The molecule has 0 unspecified atom stereocenters. The van der Waals surface area contributed by atoms with Crippen molar-refractivity contribution < 1.29 is 9.53 Å². The fourth-order valence-corrected chi connectivity index (χ4v) is 3.47. The van der Waals surface area contributed by atoms with Gasteiger partial charge in [0.1, 0.15) is 17.4 Å². The Morgan fingerprint density at radius 2 is 2.04 bits per heavy atom. The minimum absolute atomic E-state index is 0.192. The lowest BCUT2D eigenvalue weighted by atomic mass is 10.2. The number of rotatable bonds is 5. The lowest BCUT2D eigenvalue weighted by molar-refractivity contribution is -0.130. The van der Waals surface area contributed by atoms with Crippen LogP contribution >= 0.6 is 11.3 Å². The summed E-state index contributed by atoms with van der Waals surface area (Å²) >= 11 is 1.54. The van der Waals surface area contributed by atoms with Gasteiger partial charge in [-0.25, -0.2) is 4.98 Å². The molecule has 2 aromatic rings. The van der Waals surface area contributed by atoms with Gasteiger partial charge in [0.2, 0.25) is 5.91 Å². The highest BCUT2D eigenvalue weighted by atomic mass is 32.1. The minimum Gasteiger partial charge on any atom is -0.485 e. The van der Waals surface area contributed by atoms with E-state index in [0.717, 1.165) is 48.1 Å². The van der Waals surface area contributed by atoms with Crippen LogP contribution in [0.2, 0.25) is 0 Å². The number of thiazole rings is 1. The number of hydrogen-bond donors (Lipinski definition) is 0. The van der Waals surface area contributed by atoms with Crippen molar-refractivity contribution in [2.45, 2.75) is 45.6 Å². The molecule has 1 fully saturated rings. The zero-order valence-corrected chi connectivity index (χ0v) is 14.8. The molecule has 2 aromatic heterocycles. The normalized spacial score (nSPS) is 15.1. The smallest absolute Gasteiger partial charge is 0.228 e. The van der Waals surface area contributed by atoms with E-state index in [2.05, 4.69) is 9.97 Å². The third-order valence-electron chi connectivity index (χ3n) is 4.14. The van der Waals surface area contributed by atoms with Crippen molar-refractivity contribution >= 4 is 17.2 Å². The standard InChI is InChI=1S/C18H23N3O2S/c1-14-6-7-16(11-19-14)23-12-17-20-15(13-24-17)10-18(22)21-8-4-2-3-5-9-21/h6-7,11,13H,2-5,8-10,12H2,1H3. The van der Waals surface area contributed by atoms with Gasteiger partial charge in [-0.05, 0) is 31.9 Å². The molecule has 1 amide bonds. The van der Waals surface area contributed by atoms with Gasteiger partial charge < -0.3 is 9.64 Å². The van der Waals surface area contributed by atoms with Crippen LogP contribution in [0.3, 0.4) is 0 Å². The Bertz CT molecular complexity index is 661. The average Bonchev–Trinajstić information content (AvgIpc) is 2.85. The highest BCUT2D eigenvalue weighted by Gasteiger charge is 2.17. The number of aryl methyl sites for hydroxylation is 1. The van der Waals surface area contributed by atoms with Crippen LogP contribution in [-0.4, -0.2) is 33.9 Å². The molecule has 1 saturated heterocycles. The van der Waals surface area contributed by atoms with E-state index in [1.165, 1.54) is 24.2 Å². The first kappa shape index (κ1) is 16.9. The molecule has 3 rings (SSSR count). The molecule has 5 nitrogen and oxygen atoms in total. The number of carbonyl (C=O) groups excluding carboxylic acids is 1. The molecule has 0 atom stereocenters. The van der Waals surface area contributed by atoms with Crippen LogP contribution in [-0.2, 0) is 17.8 Å². The highest BCUT2D eigenvalue weighted by molar-refractivity contribution is 7.09. The second kappa shape index (κ2) is 8.24. The van der Waals surface area contributed by atoms with Gasteiger partial charge in [0.15, 0.2) is 0 Å². The number of ether oxygens (including phenoxy) is 1. The fraction of sp³-hybridized carbons (Fsp3) is 0.500. The largest absolute Gasteiger partial charge is 0.485 e. The van der Waals surface area contributed by atoms with Crippen LogP contribution in [0.4, 0.5) is 0 Å². The molecular formula is C18H23N3O2S. The fourth-order valence-electron chi connectivity index (χ4n) is 2.77. The van der Waals surface area contributed by atoms with Crippen LogP contribution in [0.15, 0.2) is 23.7 Å². The van der Waals surface area contributed by atoms with Gasteiger partial charge in [0.05, 0.1) is 18.3 Å². The van der Waals surface area contributed by atoms with Crippen LogP contribution in [0.25, 0.3) is 0 Å². The quantitative estimate of drug-likeness (QED) is 0.834. The molecule has 0 saturated carbocycles. The summed E-state index contributed by atoms with van der Waals surface area (Å²) in [7, 11) is 0. The number of pyridine rings is 1. The van der Waals surface area contributed by atoms with Gasteiger partial charge in [0, 0.05) is 24.2 Å². The van der Waals surface area contributed by atoms with E-state index in [4.69, 9.17) is 4.74 Å². The number of carbonyl (C=O) groups is 1. The maximum Gasteiger partial charge on any atom is 0.228 e. The third kappa shape index (κ3) is 4.77. The molecule has 1 aliphatic heterocycles. The summed E-state index contributed by atoms with van der Waals surface area (Å²) in [5.41, 5.74) is 1.81. The molecule has 0 radical (unpaired) electrons. The van der Waals surface area contributed by atoms with Crippen molar-refractivity contribution in [2.24, 2.45) is 0 Å². The molecule has 0 N–H and O–H groups in total. The average molecular weight is 345 g/mol. The van der Waals surface area contributed by atoms with Crippen molar-refractivity contribution in [2.75, 3.05) is 13.1 Å². The van der Waals surface area contributed by atoms with E-state index in [1.54, 1.807) is 6.20 Å². The first-order valence-corrected chi connectivity index (χ1v) is 9.35.